The van der Waals surface area contributed by atoms with E-state index in [0.29, 0.717) is 27.9 Å². The first-order chi connectivity index (χ1) is 14.0. The van der Waals surface area contributed by atoms with Gasteiger partial charge in [0, 0.05) is 10.6 Å². The highest BCUT2D eigenvalue weighted by atomic mass is 35.5. The Bertz CT molecular complexity index is 956. The molecule has 2 aromatic carbocycles. The van der Waals surface area contributed by atoms with Gasteiger partial charge in [-0.2, -0.15) is 0 Å². The number of hydrogen-bond donors (Lipinski definition) is 0. The molecule has 1 heterocycles. The number of rotatable bonds is 5. The summed E-state index contributed by atoms with van der Waals surface area (Å²) >= 11 is 5.86. The Kier molecular flexibility index (Phi) is 5.41. The van der Waals surface area contributed by atoms with Crippen molar-refractivity contribution in [3.63, 3.8) is 0 Å². The smallest absolute Gasteiger partial charge is 0.237 e. The van der Waals surface area contributed by atoms with Crippen LogP contribution in [0.2, 0.25) is 5.02 Å². The molecular formula is C23H22ClNO4. The molecule has 1 aliphatic heterocycles. The fourth-order valence-corrected chi connectivity index (χ4v) is 4.38. The van der Waals surface area contributed by atoms with Crippen molar-refractivity contribution in [1.29, 1.82) is 0 Å². The quantitative estimate of drug-likeness (QED) is 0.535. The molecule has 2 amide bonds. The molecule has 3 atom stereocenters. The monoisotopic (exact) mass is 411 g/mol. The molecule has 0 radical (unpaired) electrons. The van der Waals surface area contributed by atoms with Crippen molar-refractivity contribution < 1.29 is 19.1 Å². The average Bonchev–Trinajstić information content (AvgIpc) is 2.96. The predicted octanol–water partition coefficient (Wildman–Crippen LogP) is 4.53. The molecule has 0 bridgehead atoms. The molecule has 2 aliphatic rings. The van der Waals surface area contributed by atoms with Crippen LogP contribution >= 0.6 is 11.6 Å². The van der Waals surface area contributed by atoms with Gasteiger partial charge in [0.1, 0.15) is 5.75 Å². The Hall–Kier alpha value is -2.66. The first-order valence-electron chi connectivity index (χ1n) is 9.84. The second-order valence-electron chi connectivity index (χ2n) is 7.83. The normalized spacial score (nSPS) is 23.8. The third kappa shape index (κ3) is 3.79. The van der Waals surface area contributed by atoms with Gasteiger partial charge in [-0.15, -0.1) is 0 Å². The number of carbonyl (C=O) groups is 3. The Balaban J connectivity index is 1.54. The highest BCUT2D eigenvalue weighted by Gasteiger charge is 2.50. The number of carbonyl (C=O) groups excluding carboxylic acids is 3. The molecule has 1 saturated carbocycles. The van der Waals surface area contributed by atoms with Gasteiger partial charge in [-0.1, -0.05) is 30.7 Å². The maximum absolute atomic E-state index is 13.0. The summed E-state index contributed by atoms with van der Waals surface area (Å²) in [4.78, 5) is 39.7. The van der Waals surface area contributed by atoms with E-state index in [2.05, 4.69) is 6.92 Å². The number of para-hydroxylation sites is 2. The number of nitrogens with zero attached hydrogens (tertiary/aromatic N) is 1. The molecule has 1 aliphatic carbocycles. The summed E-state index contributed by atoms with van der Waals surface area (Å²) in [6.07, 6.45) is 2.44. The Labute approximate surface area is 174 Å². The van der Waals surface area contributed by atoms with E-state index >= 15 is 0 Å². The number of halogens is 1. The Morgan fingerprint density at radius 2 is 1.72 bits per heavy atom. The van der Waals surface area contributed by atoms with Gasteiger partial charge in [0.2, 0.25) is 11.8 Å². The maximum Gasteiger partial charge on any atom is 0.237 e. The third-order valence-corrected chi connectivity index (χ3v) is 6.07. The highest BCUT2D eigenvalue weighted by Crippen LogP contribution is 2.44. The van der Waals surface area contributed by atoms with E-state index in [4.69, 9.17) is 16.3 Å². The summed E-state index contributed by atoms with van der Waals surface area (Å²) in [5.41, 5.74) is 0.897. The van der Waals surface area contributed by atoms with Crippen molar-refractivity contribution in [2.75, 3.05) is 11.5 Å². The highest BCUT2D eigenvalue weighted by molar-refractivity contribution is 6.30. The number of hydrogen-bond acceptors (Lipinski definition) is 4. The van der Waals surface area contributed by atoms with E-state index in [0.717, 1.165) is 19.3 Å². The maximum atomic E-state index is 13.0. The average molecular weight is 412 g/mol. The second-order valence-corrected chi connectivity index (χ2v) is 8.27. The molecule has 4 rings (SSSR count). The fourth-order valence-electron chi connectivity index (χ4n) is 4.25. The summed E-state index contributed by atoms with van der Waals surface area (Å²) in [5, 5.41) is 0.551. The van der Waals surface area contributed by atoms with Crippen LogP contribution in [0.4, 0.5) is 5.69 Å². The molecule has 0 N–H and O–H groups in total. The van der Waals surface area contributed by atoms with Gasteiger partial charge in [-0.25, -0.2) is 4.90 Å². The summed E-state index contributed by atoms with van der Waals surface area (Å²) in [6.45, 7) is 1.93. The molecule has 6 heteroatoms. The predicted molar refractivity (Wildman–Crippen MR) is 110 cm³/mol. The van der Waals surface area contributed by atoms with E-state index in [9.17, 15) is 14.4 Å². The number of imide groups is 1. The molecule has 2 fully saturated rings. The summed E-state index contributed by atoms with van der Waals surface area (Å²) in [6, 6.07) is 13.5. The van der Waals surface area contributed by atoms with Crippen molar-refractivity contribution in [2.24, 2.45) is 17.8 Å². The van der Waals surface area contributed by atoms with Gasteiger partial charge < -0.3 is 4.74 Å². The fraction of sp³-hybridized carbons (Fsp3) is 0.348. The van der Waals surface area contributed by atoms with Crippen LogP contribution in [0.15, 0.2) is 48.5 Å². The van der Waals surface area contributed by atoms with Crippen molar-refractivity contribution in [1.82, 2.24) is 0 Å². The van der Waals surface area contributed by atoms with Crippen LogP contribution in [0.25, 0.3) is 0 Å². The van der Waals surface area contributed by atoms with Gasteiger partial charge in [-0.3, -0.25) is 14.4 Å². The minimum absolute atomic E-state index is 0.160. The number of ketones is 1. The van der Waals surface area contributed by atoms with Crippen molar-refractivity contribution in [3.8, 4) is 5.75 Å². The van der Waals surface area contributed by atoms with Gasteiger partial charge in [-0.05, 0) is 61.6 Å². The van der Waals surface area contributed by atoms with Crippen molar-refractivity contribution in [3.05, 3.63) is 59.1 Å². The zero-order valence-corrected chi connectivity index (χ0v) is 16.9. The van der Waals surface area contributed by atoms with Gasteiger partial charge in [0.25, 0.3) is 0 Å². The Morgan fingerprint density at radius 1 is 1.03 bits per heavy atom. The summed E-state index contributed by atoms with van der Waals surface area (Å²) < 4.78 is 5.74. The molecule has 150 valence electrons. The lowest BCUT2D eigenvalue weighted by atomic mass is 9.76. The summed E-state index contributed by atoms with van der Waals surface area (Å²) in [5.74, 6) is -0.242. The van der Waals surface area contributed by atoms with Crippen LogP contribution in [0.5, 0.6) is 5.75 Å². The van der Waals surface area contributed by atoms with Gasteiger partial charge >= 0.3 is 0 Å². The lowest BCUT2D eigenvalue weighted by Crippen LogP contribution is -2.31. The van der Waals surface area contributed by atoms with E-state index in [1.165, 1.54) is 4.90 Å². The van der Waals surface area contributed by atoms with Gasteiger partial charge in [0.05, 0.1) is 17.5 Å². The summed E-state index contributed by atoms with van der Waals surface area (Å²) in [7, 11) is 0. The van der Waals surface area contributed by atoms with Crippen molar-refractivity contribution in [2.45, 2.75) is 26.2 Å². The van der Waals surface area contributed by atoms with E-state index in [1.807, 2.05) is 0 Å². The van der Waals surface area contributed by atoms with E-state index in [1.54, 1.807) is 48.5 Å². The molecule has 1 saturated heterocycles. The number of Topliss-reactive ketones (excluding diaryl/α,β-unsaturated/α-hetero) is 1. The molecular weight excluding hydrogens is 390 g/mol. The van der Waals surface area contributed by atoms with Crippen LogP contribution in [-0.4, -0.2) is 24.2 Å². The number of anilines is 1. The Morgan fingerprint density at radius 3 is 2.48 bits per heavy atom. The number of fused-ring (bicyclic) bond motifs is 1. The molecule has 2 aromatic rings. The second kappa shape index (κ2) is 7.99. The zero-order valence-electron chi connectivity index (χ0n) is 16.1. The lowest BCUT2D eigenvalue weighted by molar-refractivity contribution is -0.122. The van der Waals surface area contributed by atoms with E-state index < -0.39 is 0 Å². The van der Waals surface area contributed by atoms with Crippen LogP contribution in [0, 0.1) is 17.8 Å². The third-order valence-electron chi connectivity index (χ3n) is 5.82. The minimum Gasteiger partial charge on any atom is -0.483 e. The molecule has 0 unspecified atom stereocenters. The topological polar surface area (TPSA) is 63.7 Å². The standard InChI is InChI=1S/C23H22ClNO4/c1-14-6-11-17-18(12-14)23(28)25(22(17)27)19-4-2-3-5-21(19)29-13-20(26)15-7-9-16(24)10-8-15/h2-5,7-10,14,17-18H,6,11-13H2,1H3/t14-,17+,18+/m1/s1. The first-order valence-corrected chi connectivity index (χ1v) is 10.2. The minimum atomic E-state index is -0.255. The molecule has 0 aromatic heterocycles. The van der Waals surface area contributed by atoms with Crippen LogP contribution in [0.3, 0.4) is 0 Å². The molecule has 29 heavy (non-hydrogen) atoms. The van der Waals surface area contributed by atoms with Gasteiger partial charge in [0.15, 0.2) is 12.4 Å². The van der Waals surface area contributed by atoms with Crippen LogP contribution < -0.4 is 9.64 Å². The number of benzene rings is 2. The zero-order chi connectivity index (χ0) is 20.5. The van der Waals surface area contributed by atoms with Crippen molar-refractivity contribution >= 4 is 34.9 Å². The first kappa shape index (κ1) is 19.6. The largest absolute Gasteiger partial charge is 0.483 e. The number of amides is 2. The SMILES string of the molecule is C[C@@H]1CC[C@@H]2C(=O)N(c3ccccc3OCC(=O)c3ccc(Cl)cc3)C(=O)[C@H]2C1. The van der Waals surface area contributed by atoms with Crippen LogP contribution in [-0.2, 0) is 9.59 Å². The molecule has 0 spiro atoms. The van der Waals surface area contributed by atoms with E-state index in [-0.39, 0.29) is 36.0 Å². The molecule has 5 nitrogen and oxygen atoms in total. The van der Waals surface area contributed by atoms with Crippen LogP contribution in [0.1, 0.15) is 36.5 Å². The number of ether oxygens (including phenoxy) is 1. The lowest BCUT2D eigenvalue weighted by Gasteiger charge is -2.25.